The van der Waals surface area contributed by atoms with Gasteiger partial charge in [-0.25, -0.2) is 0 Å². The highest BCUT2D eigenvalue weighted by Crippen LogP contribution is 2.67. The minimum absolute atomic E-state index is 0.0452. The Kier molecular flexibility index (Phi) is 8.30. The summed E-state index contributed by atoms with van der Waals surface area (Å²) in [4.78, 5) is 23.3. The maximum Gasteiger partial charge on any atom is 0.313 e. The molecule has 0 radical (unpaired) electrons. The number of carbonyl (C=O) groups is 2. The number of ketones is 1. The van der Waals surface area contributed by atoms with Crippen molar-refractivity contribution in [2.75, 3.05) is 7.11 Å². The van der Waals surface area contributed by atoms with Gasteiger partial charge in [-0.15, -0.1) is 0 Å². The number of fused-ring (bicyclic) bond motifs is 5. The van der Waals surface area contributed by atoms with Gasteiger partial charge in [0.1, 0.15) is 12.2 Å². The molecule has 178 valence electrons. The van der Waals surface area contributed by atoms with E-state index in [-0.39, 0.29) is 12.2 Å². The Hall–Kier alpha value is -0.860. The molecule has 0 aliphatic heterocycles. The number of Topliss-reactive ketones (excluding diaryl/α,β-unsaturated/α-hetero) is 1. The zero-order valence-electron chi connectivity index (χ0n) is 21.0. The Morgan fingerprint density at radius 3 is 2.35 bits per heavy atom. The lowest BCUT2D eigenvalue weighted by Crippen LogP contribution is -2.52. The van der Waals surface area contributed by atoms with Gasteiger partial charge in [0.05, 0.1) is 7.11 Å². The lowest BCUT2D eigenvalue weighted by Gasteiger charge is -2.60. The van der Waals surface area contributed by atoms with Crippen LogP contribution < -0.4 is 0 Å². The molecule has 0 aromatic carbocycles. The second kappa shape index (κ2) is 10.4. The smallest absolute Gasteiger partial charge is 0.313 e. The molecule has 0 N–H and O–H groups in total. The number of carbonyl (C=O) groups excluding carboxylic acids is 2. The summed E-state index contributed by atoms with van der Waals surface area (Å²) in [5.41, 5.74) is 1.12. The second-order valence-electron chi connectivity index (χ2n) is 11.4. The predicted octanol–water partition coefficient (Wildman–Crippen LogP) is 7.36. The van der Waals surface area contributed by atoms with Gasteiger partial charge in [0.15, 0.2) is 0 Å². The normalized spacial score (nSPS) is 41.1. The summed E-state index contributed by atoms with van der Waals surface area (Å²) in [6.07, 6.45) is 17.1. The van der Waals surface area contributed by atoms with Crippen LogP contribution in [0, 0.1) is 40.4 Å². The average Bonchev–Trinajstić information content (AvgIpc) is 3.11. The van der Waals surface area contributed by atoms with Crippen LogP contribution in [0.2, 0.25) is 0 Å². The number of methoxy groups -OCH3 is 1. The molecule has 0 saturated heterocycles. The van der Waals surface area contributed by atoms with Gasteiger partial charge >= 0.3 is 5.97 Å². The van der Waals surface area contributed by atoms with Crippen molar-refractivity contribution in [3.05, 3.63) is 0 Å². The minimum atomic E-state index is -0.395. The number of ether oxygens (including phenoxy) is 1. The van der Waals surface area contributed by atoms with E-state index in [1.165, 1.54) is 71.3 Å². The van der Waals surface area contributed by atoms with Crippen LogP contribution >= 0.6 is 0 Å². The first-order valence-electron chi connectivity index (χ1n) is 13.5. The van der Waals surface area contributed by atoms with Crippen LogP contribution in [0.1, 0.15) is 118 Å². The van der Waals surface area contributed by atoms with Gasteiger partial charge in [-0.05, 0) is 105 Å². The van der Waals surface area contributed by atoms with Crippen molar-refractivity contribution < 1.29 is 14.3 Å². The van der Waals surface area contributed by atoms with E-state index in [4.69, 9.17) is 0 Å². The third kappa shape index (κ3) is 4.76. The zero-order valence-corrected chi connectivity index (χ0v) is 21.0. The zero-order chi connectivity index (χ0) is 22.6. The van der Waals surface area contributed by atoms with E-state index in [1.807, 2.05) is 13.8 Å². The molecule has 4 aliphatic rings. The highest BCUT2D eigenvalue weighted by Gasteiger charge is 2.59. The highest BCUT2D eigenvalue weighted by molar-refractivity contribution is 5.95. The molecule has 0 spiro atoms. The summed E-state index contributed by atoms with van der Waals surface area (Å²) >= 11 is 0. The summed E-state index contributed by atoms with van der Waals surface area (Å²) in [5, 5.41) is 0. The molecule has 3 nitrogen and oxygen atoms in total. The highest BCUT2D eigenvalue weighted by atomic mass is 16.5. The quantitative estimate of drug-likeness (QED) is 0.325. The van der Waals surface area contributed by atoms with E-state index < -0.39 is 5.97 Å². The molecular weight excluding hydrogens is 384 g/mol. The van der Waals surface area contributed by atoms with Crippen LogP contribution in [-0.2, 0) is 14.3 Å². The molecule has 4 aliphatic carbocycles. The average molecular weight is 433 g/mol. The molecule has 0 heterocycles. The Bertz CT molecular complexity index is 628. The number of hydrogen-bond donors (Lipinski definition) is 0. The molecule has 7 atom stereocenters. The van der Waals surface area contributed by atoms with E-state index >= 15 is 0 Å². The van der Waals surface area contributed by atoms with Crippen LogP contribution in [0.4, 0.5) is 0 Å². The molecule has 0 aromatic heterocycles. The van der Waals surface area contributed by atoms with Crippen molar-refractivity contribution in [2.24, 2.45) is 40.4 Å². The fourth-order valence-electron chi connectivity index (χ4n) is 8.75. The third-order valence-electron chi connectivity index (χ3n) is 10.4. The SMILES string of the molecule is CC.COC(=O)CC(=O)CCCC1CCC2C3CCC4CCCCC4(C)C3CCC12C. The van der Waals surface area contributed by atoms with Crippen molar-refractivity contribution in [1.29, 1.82) is 0 Å². The van der Waals surface area contributed by atoms with Crippen LogP contribution in [0.25, 0.3) is 0 Å². The molecule has 0 aromatic rings. The van der Waals surface area contributed by atoms with Crippen LogP contribution in [0.15, 0.2) is 0 Å². The molecule has 0 bridgehead atoms. The number of rotatable bonds is 6. The Balaban J connectivity index is 0.00000132. The summed E-state index contributed by atoms with van der Waals surface area (Å²) < 4.78 is 4.62. The molecule has 0 amide bonds. The summed E-state index contributed by atoms with van der Waals surface area (Å²) in [6, 6.07) is 0. The molecular formula is C28H48O3. The first-order valence-corrected chi connectivity index (χ1v) is 13.5. The third-order valence-corrected chi connectivity index (χ3v) is 10.4. The van der Waals surface area contributed by atoms with Gasteiger partial charge in [-0.2, -0.15) is 0 Å². The number of esters is 1. The molecule has 4 rings (SSSR count). The Morgan fingerprint density at radius 2 is 1.61 bits per heavy atom. The van der Waals surface area contributed by atoms with Gasteiger partial charge in [0.25, 0.3) is 0 Å². The summed E-state index contributed by atoms with van der Waals surface area (Å²) in [5.74, 6) is 4.27. The summed E-state index contributed by atoms with van der Waals surface area (Å²) in [7, 11) is 1.35. The fraction of sp³-hybridized carbons (Fsp3) is 0.929. The van der Waals surface area contributed by atoms with Crippen molar-refractivity contribution >= 4 is 11.8 Å². The van der Waals surface area contributed by atoms with E-state index in [0.29, 0.717) is 17.3 Å². The molecule has 3 heteroatoms. The van der Waals surface area contributed by atoms with Crippen molar-refractivity contribution in [3.63, 3.8) is 0 Å². The largest absolute Gasteiger partial charge is 0.469 e. The van der Waals surface area contributed by atoms with Gasteiger partial charge in [-0.1, -0.05) is 40.5 Å². The topological polar surface area (TPSA) is 43.4 Å². The van der Waals surface area contributed by atoms with E-state index in [0.717, 1.165) is 42.4 Å². The first-order chi connectivity index (χ1) is 14.9. The molecule has 31 heavy (non-hydrogen) atoms. The standard InChI is InChI=1S/C26H42O3.C2H6/c1-25-15-5-4-7-18(25)10-12-21-22-13-11-19(26(22,2)16-14-23(21)25)8-6-9-20(27)17-24(28)29-3;1-2/h18-19,21-23H,4-17H2,1-3H3;1-2H3. The van der Waals surface area contributed by atoms with Crippen molar-refractivity contribution in [1.82, 2.24) is 0 Å². The van der Waals surface area contributed by atoms with Gasteiger partial charge in [-0.3, -0.25) is 9.59 Å². The lowest BCUT2D eigenvalue weighted by atomic mass is 9.45. The monoisotopic (exact) mass is 432 g/mol. The molecule has 4 saturated carbocycles. The van der Waals surface area contributed by atoms with Gasteiger partial charge in [0.2, 0.25) is 0 Å². The van der Waals surface area contributed by atoms with E-state index in [9.17, 15) is 9.59 Å². The number of hydrogen-bond acceptors (Lipinski definition) is 3. The molecule has 7 unspecified atom stereocenters. The van der Waals surface area contributed by atoms with E-state index in [2.05, 4.69) is 18.6 Å². The minimum Gasteiger partial charge on any atom is -0.469 e. The Labute approximate surface area is 191 Å². The predicted molar refractivity (Wildman–Crippen MR) is 127 cm³/mol. The fourth-order valence-corrected chi connectivity index (χ4v) is 8.75. The van der Waals surface area contributed by atoms with Crippen molar-refractivity contribution in [2.45, 2.75) is 118 Å². The maximum absolute atomic E-state index is 12.0. The van der Waals surface area contributed by atoms with Gasteiger partial charge < -0.3 is 4.74 Å². The van der Waals surface area contributed by atoms with E-state index in [1.54, 1.807) is 0 Å². The molecule has 4 fully saturated rings. The van der Waals surface area contributed by atoms with Crippen molar-refractivity contribution in [3.8, 4) is 0 Å². The Morgan fingerprint density at radius 1 is 0.871 bits per heavy atom. The lowest BCUT2D eigenvalue weighted by molar-refractivity contribution is -0.143. The second-order valence-corrected chi connectivity index (χ2v) is 11.4. The van der Waals surface area contributed by atoms with Crippen LogP contribution in [-0.4, -0.2) is 18.9 Å². The van der Waals surface area contributed by atoms with Crippen LogP contribution in [0.5, 0.6) is 0 Å². The maximum atomic E-state index is 12.0. The summed E-state index contributed by atoms with van der Waals surface area (Å²) in [6.45, 7) is 9.26. The van der Waals surface area contributed by atoms with Gasteiger partial charge in [0, 0.05) is 6.42 Å². The first kappa shape index (κ1) is 24.8. The van der Waals surface area contributed by atoms with Crippen LogP contribution in [0.3, 0.4) is 0 Å².